The first-order chi connectivity index (χ1) is 13.6. The predicted octanol–water partition coefficient (Wildman–Crippen LogP) is 4.73. The molecular formula is C20H20ClN3O2S2. The second-order valence-electron chi connectivity index (χ2n) is 6.17. The van der Waals surface area contributed by atoms with Gasteiger partial charge in [0, 0.05) is 30.8 Å². The molecule has 0 aliphatic heterocycles. The molecule has 0 radical (unpaired) electrons. The van der Waals surface area contributed by atoms with Gasteiger partial charge in [-0.1, -0.05) is 41.6 Å². The summed E-state index contributed by atoms with van der Waals surface area (Å²) in [5.41, 5.74) is 0.944. The number of thioether (sulfide) groups is 1. The van der Waals surface area contributed by atoms with E-state index >= 15 is 0 Å². The highest BCUT2D eigenvalue weighted by atomic mass is 35.5. The number of aromatic nitrogens is 3. The number of benzene rings is 1. The topological polar surface area (TPSA) is 64.8 Å². The lowest BCUT2D eigenvalue weighted by molar-refractivity contribution is -0.116. The summed E-state index contributed by atoms with van der Waals surface area (Å²) >= 11 is 8.71. The molecule has 0 atom stereocenters. The summed E-state index contributed by atoms with van der Waals surface area (Å²) in [6, 6.07) is 11.0. The summed E-state index contributed by atoms with van der Waals surface area (Å²) < 4.78 is 1.97. The summed E-state index contributed by atoms with van der Waals surface area (Å²) in [4.78, 5) is 25.2. The molecule has 0 aliphatic rings. The molecule has 0 unspecified atom stereocenters. The fourth-order valence-electron chi connectivity index (χ4n) is 2.74. The molecule has 0 aliphatic carbocycles. The molecule has 28 heavy (non-hydrogen) atoms. The van der Waals surface area contributed by atoms with Crippen LogP contribution in [0.2, 0.25) is 5.02 Å². The van der Waals surface area contributed by atoms with Crippen LogP contribution in [0.25, 0.3) is 0 Å². The van der Waals surface area contributed by atoms with Crippen LogP contribution in [0.1, 0.15) is 34.4 Å². The minimum Gasteiger partial charge on any atom is -0.306 e. The van der Waals surface area contributed by atoms with E-state index in [-0.39, 0.29) is 11.6 Å². The highest BCUT2D eigenvalue weighted by Crippen LogP contribution is 2.20. The number of rotatable bonds is 10. The van der Waals surface area contributed by atoms with Gasteiger partial charge < -0.3 is 4.57 Å². The summed E-state index contributed by atoms with van der Waals surface area (Å²) in [7, 11) is 0. The van der Waals surface area contributed by atoms with Crippen molar-refractivity contribution in [3.63, 3.8) is 0 Å². The number of carbonyl (C=O) groups excluding carboxylic acids is 2. The van der Waals surface area contributed by atoms with Crippen LogP contribution < -0.4 is 0 Å². The van der Waals surface area contributed by atoms with Crippen molar-refractivity contribution in [2.45, 2.75) is 37.9 Å². The minimum absolute atomic E-state index is 0.118. The quantitative estimate of drug-likeness (QED) is 0.341. The van der Waals surface area contributed by atoms with E-state index in [0.717, 1.165) is 16.3 Å². The lowest BCUT2D eigenvalue weighted by Crippen LogP contribution is -2.09. The number of Topliss-reactive ketones (excluding diaryl/α,β-unsaturated/α-hetero) is 2. The molecule has 3 aromatic rings. The normalized spacial score (nSPS) is 10.9. The van der Waals surface area contributed by atoms with E-state index in [4.69, 9.17) is 11.6 Å². The predicted molar refractivity (Wildman–Crippen MR) is 114 cm³/mol. The number of halogens is 1. The Bertz CT molecular complexity index is 937. The molecule has 0 saturated carbocycles. The fourth-order valence-corrected chi connectivity index (χ4v) is 4.44. The molecule has 1 aromatic carbocycles. The number of hydrogen-bond acceptors (Lipinski definition) is 6. The largest absolute Gasteiger partial charge is 0.306 e. The number of hydrogen-bond donors (Lipinski definition) is 0. The first kappa shape index (κ1) is 20.8. The molecule has 146 valence electrons. The van der Waals surface area contributed by atoms with Crippen molar-refractivity contribution >= 4 is 46.3 Å². The zero-order valence-electron chi connectivity index (χ0n) is 15.4. The van der Waals surface area contributed by atoms with Gasteiger partial charge in [0.15, 0.2) is 10.9 Å². The second kappa shape index (κ2) is 10.0. The maximum atomic E-state index is 12.3. The maximum absolute atomic E-state index is 12.3. The zero-order valence-corrected chi connectivity index (χ0v) is 17.8. The van der Waals surface area contributed by atoms with Crippen LogP contribution in [0.15, 0.2) is 46.9 Å². The number of aryl methyl sites for hydroxylation is 1. The van der Waals surface area contributed by atoms with Crippen LogP contribution in [0.5, 0.6) is 0 Å². The van der Waals surface area contributed by atoms with Gasteiger partial charge >= 0.3 is 0 Å². The van der Waals surface area contributed by atoms with Gasteiger partial charge in [-0.3, -0.25) is 9.59 Å². The monoisotopic (exact) mass is 433 g/mol. The average Bonchev–Trinajstić information content (AvgIpc) is 3.36. The molecule has 2 heterocycles. The van der Waals surface area contributed by atoms with Crippen molar-refractivity contribution in [1.82, 2.24) is 14.8 Å². The van der Waals surface area contributed by atoms with Crippen LogP contribution >= 0.6 is 34.7 Å². The first-order valence-electron chi connectivity index (χ1n) is 8.94. The Balaban J connectivity index is 1.54. The SMILES string of the molecule is CCn1c(CCC(=O)c2cccs2)nnc1SCC(=O)Cc1ccc(Cl)cc1. The summed E-state index contributed by atoms with van der Waals surface area (Å²) in [5.74, 6) is 1.34. The molecule has 0 fully saturated rings. The van der Waals surface area contributed by atoms with E-state index in [2.05, 4.69) is 10.2 Å². The number of thiophene rings is 1. The molecular weight excluding hydrogens is 414 g/mol. The number of nitrogens with zero attached hydrogens (tertiary/aromatic N) is 3. The van der Waals surface area contributed by atoms with E-state index in [9.17, 15) is 9.59 Å². The molecule has 0 saturated heterocycles. The van der Waals surface area contributed by atoms with Crippen LogP contribution in [0, 0.1) is 0 Å². The molecule has 0 spiro atoms. The number of ketones is 2. The van der Waals surface area contributed by atoms with Crippen molar-refractivity contribution in [2.24, 2.45) is 0 Å². The van der Waals surface area contributed by atoms with Gasteiger partial charge in [0.05, 0.1) is 10.6 Å². The Morgan fingerprint density at radius 3 is 2.64 bits per heavy atom. The van der Waals surface area contributed by atoms with Crippen molar-refractivity contribution < 1.29 is 9.59 Å². The summed E-state index contributed by atoms with van der Waals surface area (Å²) in [6.07, 6.45) is 1.31. The second-order valence-corrected chi connectivity index (χ2v) is 8.50. The van der Waals surface area contributed by atoms with Crippen LogP contribution in [-0.2, 0) is 24.2 Å². The van der Waals surface area contributed by atoms with E-state index in [1.54, 1.807) is 12.1 Å². The highest BCUT2D eigenvalue weighted by molar-refractivity contribution is 7.99. The maximum Gasteiger partial charge on any atom is 0.191 e. The standard InChI is InChI=1S/C20H20ClN3O2S2/c1-2-24-19(10-9-17(26)18-4-3-11-27-18)22-23-20(24)28-13-16(25)12-14-5-7-15(21)8-6-14/h3-8,11H,2,9-10,12-13H2,1H3. The molecule has 0 bridgehead atoms. The Morgan fingerprint density at radius 1 is 1.18 bits per heavy atom. The summed E-state index contributed by atoms with van der Waals surface area (Å²) in [6.45, 7) is 2.71. The zero-order chi connectivity index (χ0) is 19.9. The Morgan fingerprint density at radius 2 is 1.96 bits per heavy atom. The van der Waals surface area contributed by atoms with Gasteiger partial charge in [0.2, 0.25) is 0 Å². The van der Waals surface area contributed by atoms with Crippen molar-refractivity contribution in [2.75, 3.05) is 5.75 Å². The molecule has 5 nitrogen and oxygen atoms in total. The van der Waals surface area contributed by atoms with Crippen LogP contribution in [-0.4, -0.2) is 32.1 Å². The highest BCUT2D eigenvalue weighted by Gasteiger charge is 2.15. The molecule has 8 heteroatoms. The Hall–Kier alpha value is -1.96. The van der Waals surface area contributed by atoms with Crippen LogP contribution in [0.4, 0.5) is 0 Å². The third kappa shape index (κ3) is 5.53. The molecule has 2 aromatic heterocycles. The van der Waals surface area contributed by atoms with Crippen molar-refractivity contribution in [3.8, 4) is 0 Å². The molecule has 3 rings (SSSR count). The van der Waals surface area contributed by atoms with Gasteiger partial charge in [-0.25, -0.2) is 0 Å². The Labute approximate surface area is 177 Å². The number of carbonyl (C=O) groups is 2. The van der Waals surface area contributed by atoms with E-state index in [1.807, 2.05) is 41.1 Å². The third-order valence-corrected chi connectivity index (χ3v) is 6.35. The average molecular weight is 434 g/mol. The van der Waals surface area contributed by atoms with E-state index in [1.165, 1.54) is 23.1 Å². The first-order valence-corrected chi connectivity index (χ1v) is 11.2. The van der Waals surface area contributed by atoms with E-state index in [0.29, 0.717) is 41.7 Å². The third-order valence-electron chi connectivity index (χ3n) is 4.16. The smallest absolute Gasteiger partial charge is 0.191 e. The van der Waals surface area contributed by atoms with Crippen molar-refractivity contribution in [1.29, 1.82) is 0 Å². The fraction of sp³-hybridized carbons (Fsp3) is 0.300. The van der Waals surface area contributed by atoms with Gasteiger partial charge in [0.1, 0.15) is 11.6 Å². The van der Waals surface area contributed by atoms with Crippen molar-refractivity contribution in [3.05, 3.63) is 63.1 Å². The minimum atomic E-state index is 0.118. The molecule has 0 N–H and O–H groups in total. The lowest BCUT2D eigenvalue weighted by atomic mass is 10.1. The van der Waals surface area contributed by atoms with Gasteiger partial charge in [0.25, 0.3) is 0 Å². The van der Waals surface area contributed by atoms with Gasteiger partial charge in [-0.15, -0.1) is 21.5 Å². The molecule has 0 amide bonds. The van der Waals surface area contributed by atoms with Gasteiger partial charge in [-0.2, -0.15) is 0 Å². The lowest BCUT2D eigenvalue weighted by Gasteiger charge is -2.07. The van der Waals surface area contributed by atoms with Crippen LogP contribution in [0.3, 0.4) is 0 Å². The Kier molecular flexibility index (Phi) is 7.42. The van der Waals surface area contributed by atoms with E-state index < -0.39 is 0 Å². The van der Waals surface area contributed by atoms with Gasteiger partial charge in [-0.05, 0) is 36.1 Å². The summed E-state index contributed by atoms with van der Waals surface area (Å²) in [5, 5.41) is 11.7.